The van der Waals surface area contributed by atoms with Crippen molar-refractivity contribution in [2.24, 2.45) is 0 Å². The fraction of sp³-hybridized carbons (Fsp3) is 0.800. The molecule has 0 bridgehead atoms. The predicted molar refractivity (Wildman–Crippen MR) is 43.9 cm³/mol. The fourth-order valence-corrected chi connectivity index (χ4v) is 0.746. The van der Waals surface area contributed by atoms with Crippen molar-refractivity contribution < 1.29 is 15.0 Å². The van der Waals surface area contributed by atoms with Crippen molar-refractivity contribution in [3.8, 4) is 0 Å². The van der Waals surface area contributed by atoms with Gasteiger partial charge in [0.2, 0.25) is 0 Å². The Morgan fingerprint density at radius 2 is 1.89 bits per heavy atom. The molecule has 2 N–H and O–H groups in total. The SMILES string of the molecule is O=CO.OCCCCI. The van der Waals surface area contributed by atoms with E-state index in [9.17, 15) is 0 Å². The van der Waals surface area contributed by atoms with Gasteiger partial charge in [0.05, 0.1) is 0 Å². The molecule has 0 atom stereocenters. The molecule has 0 aromatic rings. The first-order valence-corrected chi connectivity index (χ1v) is 4.10. The summed E-state index contributed by atoms with van der Waals surface area (Å²) in [5.41, 5.74) is 0. The number of hydrogen-bond donors (Lipinski definition) is 2. The Morgan fingerprint density at radius 3 is 2.00 bits per heavy atom. The topological polar surface area (TPSA) is 57.5 Å². The molecule has 0 aromatic heterocycles. The normalized spacial score (nSPS) is 7.33. The third-order valence-electron chi connectivity index (χ3n) is 0.542. The van der Waals surface area contributed by atoms with E-state index in [4.69, 9.17) is 15.0 Å². The molecule has 0 spiro atoms. The van der Waals surface area contributed by atoms with Crippen molar-refractivity contribution >= 4 is 29.1 Å². The number of carboxylic acid groups (broad SMARTS) is 1. The minimum Gasteiger partial charge on any atom is -0.483 e. The summed E-state index contributed by atoms with van der Waals surface area (Å²) in [7, 11) is 0. The van der Waals surface area contributed by atoms with Gasteiger partial charge in [-0.3, -0.25) is 4.79 Å². The van der Waals surface area contributed by atoms with Crippen molar-refractivity contribution in [1.82, 2.24) is 0 Å². The van der Waals surface area contributed by atoms with Gasteiger partial charge in [-0.2, -0.15) is 0 Å². The van der Waals surface area contributed by atoms with E-state index in [0.717, 1.165) is 12.8 Å². The molecule has 0 aliphatic rings. The van der Waals surface area contributed by atoms with Crippen LogP contribution in [-0.4, -0.2) is 27.7 Å². The highest BCUT2D eigenvalue weighted by Crippen LogP contribution is 1.91. The highest BCUT2D eigenvalue weighted by atomic mass is 127. The van der Waals surface area contributed by atoms with Gasteiger partial charge >= 0.3 is 0 Å². The number of rotatable bonds is 3. The van der Waals surface area contributed by atoms with Gasteiger partial charge in [0.1, 0.15) is 0 Å². The van der Waals surface area contributed by atoms with E-state index < -0.39 is 0 Å². The summed E-state index contributed by atoms with van der Waals surface area (Å²) in [6, 6.07) is 0. The van der Waals surface area contributed by atoms with Gasteiger partial charge in [0.25, 0.3) is 6.47 Å². The Balaban J connectivity index is 0. The Morgan fingerprint density at radius 1 is 1.44 bits per heavy atom. The van der Waals surface area contributed by atoms with E-state index >= 15 is 0 Å². The van der Waals surface area contributed by atoms with Crippen molar-refractivity contribution in [2.45, 2.75) is 12.8 Å². The average molecular weight is 246 g/mol. The van der Waals surface area contributed by atoms with Crippen LogP contribution in [0.3, 0.4) is 0 Å². The third kappa shape index (κ3) is 31.0. The Bertz CT molecular complexity index is 45.5. The van der Waals surface area contributed by atoms with Crippen LogP contribution in [-0.2, 0) is 4.79 Å². The summed E-state index contributed by atoms with van der Waals surface area (Å²) in [6.45, 7) is 0.100. The van der Waals surface area contributed by atoms with E-state index in [1.807, 2.05) is 0 Å². The summed E-state index contributed by atoms with van der Waals surface area (Å²) < 4.78 is 1.16. The van der Waals surface area contributed by atoms with Gasteiger partial charge < -0.3 is 10.2 Å². The molecule has 3 nitrogen and oxygen atoms in total. The summed E-state index contributed by atoms with van der Waals surface area (Å²) in [5, 5.41) is 15.1. The number of aliphatic hydroxyl groups excluding tert-OH is 1. The maximum Gasteiger partial charge on any atom is 0.290 e. The molecule has 0 fully saturated rings. The van der Waals surface area contributed by atoms with E-state index in [2.05, 4.69) is 22.6 Å². The standard InChI is InChI=1S/C4H9IO.CH2O2/c5-3-1-2-4-6;2-1-3/h6H,1-4H2;1H,(H,2,3). The van der Waals surface area contributed by atoms with Crippen LogP contribution >= 0.6 is 22.6 Å². The molecule has 0 heterocycles. The summed E-state index contributed by atoms with van der Waals surface area (Å²) in [4.78, 5) is 8.36. The van der Waals surface area contributed by atoms with E-state index in [0.29, 0.717) is 6.61 Å². The molecule has 0 unspecified atom stereocenters. The summed E-state index contributed by atoms with van der Waals surface area (Å²) >= 11 is 2.30. The number of alkyl halides is 1. The lowest BCUT2D eigenvalue weighted by Crippen LogP contribution is -1.80. The molecular formula is C5H11IO3. The second-order valence-electron chi connectivity index (χ2n) is 1.23. The lowest BCUT2D eigenvalue weighted by atomic mass is 10.4. The molecule has 9 heavy (non-hydrogen) atoms. The fourth-order valence-electron chi connectivity index (χ4n) is 0.206. The molecular weight excluding hydrogens is 235 g/mol. The quantitative estimate of drug-likeness (QED) is 0.336. The number of halogens is 1. The zero-order valence-corrected chi connectivity index (χ0v) is 7.24. The first-order valence-electron chi connectivity index (χ1n) is 2.58. The molecule has 0 radical (unpaired) electrons. The second kappa shape index (κ2) is 15.7. The monoisotopic (exact) mass is 246 g/mol. The number of carbonyl (C=O) groups is 1. The van der Waals surface area contributed by atoms with Crippen LogP contribution < -0.4 is 0 Å². The first kappa shape index (κ1) is 11.9. The molecule has 0 saturated heterocycles. The highest BCUT2D eigenvalue weighted by Gasteiger charge is 1.77. The van der Waals surface area contributed by atoms with Crippen molar-refractivity contribution in [3.63, 3.8) is 0 Å². The van der Waals surface area contributed by atoms with Crippen molar-refractivity contribution in [3.05, 3.63) is 0 Å². The molecule has 56 valence electrons. The van der Waals surface area contributed by atoms with Crippen LogP contribution in [0.2, 0.25) is 0 Å². The van der Waals surface area contributed by atoms with E-state index in [1.165, 1.54) is 4.43 Å². The predicted octanol–water partition coefficient (Wildman–Crippen LogP) is 0.895. The first-order chi connectivity index (χ1) is 4.33. The van der Waals surface area contributed by atoms with Crippen LogP contribution in [0.1, 0.15) is 12.8 Å². The Hall–Kier alpha value is 0.160. The Kier molecular flexibility index (Phi) is 20.8. The van der Waals surface area contributed by atoms with E-state index in [-0.39, 0.29) is 6.47 Å². The summed E-state index contributed by atoms with van der Waals surface area (Å²) in [6.07, 6.45) is 2.11. The molecule has 0 aromatic carbocycles. The summed E-state index contributed by atoms with van der Waals surface area (Å²) in [5.74, 6) is 0. The average Bonchev–Trinajstić information content (AvgIpc) is 1.86. The Labute approximate surface area is 68.2 Å². The van der Waals surface area contributed by atoms with Crippen LogP contribution in [0, 0.1) is 0 Å². The maximum absolute atomic E-state index is 8.36. The van der Waals surface area contributed by atoms with Crippen molar-refractivity contribution in [1.29, 1.82) is 0 Å². The number of aliphatic hydroxyl groups is 1. The minimum absolute atomic E-state index is 0.250. The lowest BCUT2D eigenvalue weighted by Gasteiger charge is -1.84. The molecule has 0 rings (SSSR count). The van der Waals surface area contributed by atoms with Crippen LogP contribution in [0.4, 0.5) is 0 Å². The van der Waals surface area contributed by atoms with E-state index in [1.54, 1.807) is 0 Å². The second-order valence-corrected chi connectivity index (χ2v) is 2.30. The molecule has 0 amide bonds. The smallest absolute Gasteiger partial charge is 0.290 e. The highest BCUT2D eigenvalue weighted by molar-refractivity contribution is 14.1. The third-order valence-corrected chi connectivity index (χ3v) is 1.30. The van der Waals surface area contributed by atoms with Crippen molar-refractivity contribution in [2.75, 3.05) is 11.0 Å². The van der Waals surface area contributed by atoms with Gasteiger partial charge in [-0.15, -0.1) is 0 Å². The molecule has 4 heteroatoms. The zero-order valence-electron chi connectivity index (χ0n) is 5.09. The largest absolute Gasteiger partial charge is 0.483 e. The van der Waals surface area contributed by atoms with Gasteiger partial charge in [0, 0.05) is 6.61 Å². The maximum atomic E-state index is 8.36. The molecule has 0 aliphatic carbocycles. The van der Waals surface area contributed by atoms with Gasteiger partial charge in [-0.1, -0.05) is 22.6 Å². The van der Waals surface area contributed by atoms with Gasteiger partial charge in [-0.05, 0) is 17.3 Å². The minimum atomic E-state index is -0.250. The number of unbranched alkanes of at least 4 members (excludes halogenated alkanes) is 1. The van der Waals surface area contributed by atoms with Crippen LogP contribution in [0.25, 0.3) is 0 Å². The molecule has 0 aliphatic heterocycles. The molecule has 0 saturated carbocycles. The lowest BCUT2D eigenvalue weighted by molar-refractivity contribution is -0.122. The zero-order chi connectivity index (χ0) is 7.54. The van der Waals surface area contributed by atoms with Crippen LogP contribution in [0.15, 0.2) is 0 Å². The van der Waals surface area contributed by atoms with Crippen LogP contribution in [0.5, 0.6) is 0 Å². The van der Waals surface area contributed by atoms with Gasteiger partial charge in [0.15, 0.2) is 0 Å². The number of hydrogen-bond acceptors (Lipinski definition) is 2. The van der Waals surface area contributed by atoms with Gasteiger partial charge in [-0.25, -0.2) is 0 Å².